The van der Waals surface area contributed by atoms with Crippen molar-refractivity contribution in [3.05, 3.63) is 48.0 Å². The molecule has 1 rings (SSSR count). The van der Waals surface area contributed by atoms with E-state index in [0.717, 1.165) is 6.42 Å². The first kappa shape index (κ1) is 10.2. The van der Waals surface area contributed by atoms with Crippen LogP contribution >= 0.6 is 0 Å². The van der Waals surface area contributed by atoms with Crippen molar-refractivity contribution >= 4 is 10.5 Å². The van der Waals surface area contributed by atoms with Crippen LogP contribution in [-0.2, 0) is 10.8 Å². The monoisotopic (exact) mass is 189 g/mol. The molecule has 0 N–H and O–H groups in total. The van der Waals surface area contributed by atoms with Crippen LogP contribution in [0.5, 0.6) is 0 Å². The van der Waals surface area contributed by atoms with Crippen molar-refractivity contribution in [3.8, 4) is 0 Å². The molecule has 0 aliphatic rings. The van der Waals surface area contributed by atoms with E-state index in [2.05, 4.69) is 29.2 Å². The van der Waals surface area contributed by atoms with Gasteiger partial charge in [-0.3, -0.25) is 0 Å². The summed E-state index contributed by atoms with van der Waals surface area (Å²) in [7, 11) is 3.06. The minimum absolute atomic E-state index is 0.0767. The van der Waals surface area contributed by atoms with Gasteiger partial charge in [0.2, 0.25) is 10.5 Å². The van der Waals surface area contributed by atoms with Crippen LogP contribution in [0.25, 0.3) is 0 Å². The average molecular weight is 189 g/mol. The lowest BCUT2D eigenvalue weighted by Gasteiger charge is -2.13. The Bertz CT molecular complexity index is 283. The predicted molar refractivity (Wildman–Crippen MR) is 55.6 cm³/mol. The van der Waals surface area contributed by atoms with Crippen molar-refractivity contribution in [2.24, 2.45) is 0 Å². The Hall–Kier alpha value is -0.863. The van der Waals surface area contributed by atoms with Gasteiger partial charge >= 0.3 is 0 Å². The van der Waals surface area contributed by atoms with Crippen molar-refractivity contribution in [2.45, 2.75) is 19.4 Å². The van der Waals surface area contributed by atoms with E-state index in [-0.39, 0.29) is 6.10 Å². The zero-order valence-electron chi connectivity index (χ0n) is 7.79. The van der Waals surface area contributed by atoms with Crippen LogP contribution in [0.15, 0.2) is 36.9 Å². The van der Waals surface area contributed by atoms with E-state index in [1.165, 1.54) is 11.1 Å². The second-order valence-corrected chi connectivity index (χ2v) is 3.19. The Morgan fingerprint density at radius 3 is 2.85 bits per heavy atom. The molecule has 0 aliphatic heterocycles. The third-order valence-electron chi connectivity index (χ3n) is 2.03. The number of rotatable bonds is 4. The van der Waals surface area contributed by atoms with Crippen molar-refractivity contribution in [2.75, 3.05) is 0 Å². The Morgan fingerprint density at radius 1 is 1.54 bits per heavy atom. The fourth-order valence-corrected chi connectivity index (χ4v) is 1.46. The maximum Gasteiger partial charge on any atom is 0.247 e. The second-order valence-electron chi connectivity index (χ2n) is 2.95. The normalized spacial score (nSPS) is 12.5. The van der Waals surface area contributed by atoms with Gasteiger partial charge in [-0.2, -0.15) is 0 Å². The first-order chi connectivity index (χ1) is 6.29. The summed E-state index contributed by atoms with van der Waals surface area (Å²) in [5, 5.41) is 0. The quantitative estimate of drug-likeness (QED) is 0.522. The van der Waals surface area contributed by atoms with Crippen LogP contribution in [0.3, 0.4) is 0 Å². The van der Waals surface area contributed by atoms with Crippen molar-refractivity contribution in [1.82, 2.24) is 0 Å². The minimum atomic E-state index is 0.0767. The van der Waals surface area contributed by atoms with Gasteiger partial charge in [0.1, 0.15) is 0 Å². The number of benzene rings is 1. The fraction of sp³-hybridized carbons (Fsp3) is 0.273. The van der Waals surface area contributed by atoms with Gasteiger partial charge in [-0.1, -0.05) is 30.3 Å². The highest BCUT2D eigenvalue weighted by molar-refractivity contribution is 5.98. The van der Waals surface area contributed by atoms with Gasteiger partial charge in [0.15, 0.2) is 0 Å². The molecular formula is C11H13OSi. The second kappa shape index (κ2) is 4.99. The largest absolute Gasteiger partial charge is 0.412 e. The van der Waals surface area contributed by atoms with Crippen LogP contribution < -0.4 is 0 Å². The third kappa shape index (κ3) is 2.54. The third-order valence-corrected chi connectivity index (χ3v) is 2.39. The molecule has 13 heavy (non-hydrogen) atoms. The summed E-state index contributed by atoms with van der Waals surface area (Å²) in [6.07, 6.45) is 2.86. The van der Waals surface area contributed by atoms with E-state index in [1.807, 2.05) is 25.1 Å². The smallest absolute Gasteiger partial charge is 0.247 e. The molecule has 0 saturated carbocycles. The van der Waals surface area contributed by atoms with Gasteiger partial charge in [0.05, 0.1) is 6.10 Å². The summed E-state index contributed by atoms with van der Waals surface area (Å²) in [4.78, 5) is 0. The van der Waals surface area contributed by atoms with Crippen LogP contribution in [0.4, 0.5) is 0 Å². The molecule has 0 spiro atoms. The standard InChI is InChI=1S/C11H13OSi/c1-3-6-10-7-4-5-8-11(10)9(2)12-13/h3-5,7-9H,1,6H2,2H3. The molecule has 0 aliphatic carbocycles. The molecule has 0 fully saturated rings. The topological polar surface area (TPSA) is 9.23 Å². The summed E-state index contributed by atoms with van der Waals surface area (Å²) in [5.41, 5.74) is 2.47. The molecule has 0 saturated heterocycles. The number of hydrogen-bond donors (Lipinski definition) is 0. The molecule has 0 heterocycles. The van der Waals surface area contributed by atoms with E-state index < -0.39 is 0 Å². The Labute approximate surface area is 83.0 Å². The Kier molecular flexibility index (Phi) is 3.93. The molecule has 67 valence electrons. The maximum atomic E-state index is 5.09. The summed E-state index contributed by atoms with van der Waals surface area (Å²) >= 11 is 0. The lowest BCUT2D eigenvalue weighted by Crippen LogP contribution is -2.00. The predicted octanol–water partition coefficient (Wildman–Crippen LogP) is 2.58. The minimum Gasteiger partial charge on any atom is -0.412 e. The lowest BCUT2D eigenvalue weighted by atomic mass is 10.0. The Morgan fingerprint density at radius 2 is 2.23 bits per heavy atom. The van der Waals surface area contributed by atoms with Gasteiger partial charge in [-0.15, -0.1) is 6.58 Å². The van der Waals surface area contributed by atoms with Crippen molar-refractivity contribution < 1.29 is 4.43 Å². The average Bonchev–Trinajstić information content (AvgIpc) is 2.18. The molecular weight excluding hydrogens is 176 g/mol. The van der Waals surface area contributed by atoms with Crippen LogP contribution in [0.1, 0.15) is 24.2 Å². The number of hydrogen-bond acceptors (Lipinski definition) is 1. The van der Waals surface area contributed by atoms with Gasteiger partial charge in [0.25, 0.3) is 0 Å². The SMILES string of the molecule is C=CCc1ccccc1C(C)O[Si]. The van der Waals surface area contributed by atoms with Gasteiger partial charge in [-0.05, 0) is 24.5 Å². The van der Waals surface area contributed by atoms with Crippen LogP contribution in [-0.4, -0.2) is 10.5 Å². The molecule has 1 atom stereocenters. The van der Waals surface area contributed by atoms with E-state index in [9.17, 15) is 0 Å². The molecule has 1 aromatic carbocycles. The highest BCUT2D eigenvalue weighted by atomic mass is 28.2. The fourth-order valence-electron chi connectivity index (χ4n) is 1.34. The van der Waals surface area contributed by atoms with Crippen LogP contribution in [0.2, 0.25) is 0 Å². The summed E-state index contributed by atoms with van der Waals surface area (Å²) < 4.78 is 5.09. The molecule has 0 aromatic heterocycles. The van der Waals surface area contributed by atoms with E-state index in [4.69, 9.17) is 4.43 Å². The molecule has 2 heteroatoms. The highest BCUT2D eigenvalue weighted by Gasteiger charge is 2.06. The summed E-state index contributed by atoms with van der Waals surface area (Å²) in [5.74, 6) is 0. The van der Waals surface area contributed by atoms with Crippen LogP contribution in [0, 0.1) is 0 Å². The van der Waals surface area contributed by atoms with E-state index in [1.54, 1.807) is 0 Å². The van der Waals surface area contributed by atoms with Gasteiger partial charge in [-0.25, -0.2) is 0 Å². The molecule has 0 amide bonds. The number of allylic oxidation sites excluding steroid dienone is 1. The molecule has 0 bridgehead atoms. The molecule has 3 radical (unpaired) electrons. The maximum absolute atomic E-state index is 5.09. The zero-order valence-corrected chi connectivity index (χ0v) is 8.79. The Balaban J connectivity index is 2.96. The van der Waals surface area contributed by atoms with E-state index in [0.29, 0.717) is 0 Å². The first-order valence-electron chi connectivity index (χ1n) is 4.30. The molecule has 1 nitrogen and oxygen atoms in total. The van der Waals surface area contributed by atoms with Gasteiger partial charge < -0.3 is 4.43 Å². The molecule has 1 unspecified atom stereocenters. The van der Waals surface area contributed by atoms with Crippen molar-refractivity contribution in [1.29, 1.82) is 0 Å². The van der Waals surface area contributed by atoms with E-state index >= 15 is 0 Å². The summed E-state index contributed by atoms with van der Waals surface area (Å²) in [6, 6.07) is 8.22. The lowest BCUT2D eigenvalue weighted by molar-refractivity contribution is 0.249. The van der Waals surface area contributed by atoms with Gasteiger partial charge in [0, 0.05) is 0 Å². The molecule has 1 aromatic rings. The summed E-state index contributed by atoms with van der Waals surface area (Å²) in [6.45, 7) is 5.74. The first-order valence-corrected chi connectivity index (χ1v) is 4.71. The zero-order chi connectivity index (χ0) is 9.68. The van der Waals surface area contributed by atoms with Crippen molar-refractivity contribution in [3.63, 3.8) is 0 Å². The highest BCUT2D eigenvalue weighted by Crippen LogP contribution is 2.20.